The van der Waals surface area contributed by atoms with Crippen LogP contribution in [0, 0.1) is 6.92 Å². The fourth-order valence-electron chi connectivity index (χ4n) is 4.97. The van der Waals surface area contributed by atoms with Crippen molar-refractivity contribution in [1.29, 1.82) is 0 Å². The molecule has 6 heteroatoms. The van der Waals surface area contributed by atoms with Crippen molar-refractivity contribution in [1.82, 2.24) is 4.98 Å². The fourth-order valence-corrected chi connectivity index (χ4v) is 6.24. The summed E-state index contributed by atoms with van der Waals surface area (Å²) < 4.78 is 5.14. The fraction of sp³-hybridized carbons (Fsp3) is 0.276. The predicted molar refractivity (Wildman–Crippen MR) is 141 cm³/mol. The number of pyridine rings is 1. The molecule has 0 radical (unpaired) electrons. The van der Waals surface area contributed by atoms with Gasteiger partial charge in [-0.1, -0.05) is 61.4 Å². The number of benzene rings is 2. The molecule has 2 aromatic heterocycles. The van der Waals surface area contributed by atoms with E-state index in [1.165, 1.54) is 29.7 Å². The maximum Gasteiger partial charge on any atom is 0.341 e. The van der Waals surface area contributed by atoms with Gasteiger partial charge in [0.15, 0.2) is 0 Å². The van der Waals surface area contributed by atoms with Crippen molar-refractivity contribution in [2.24, 2.45) is 0 Å². The second kappa shape index (κ2) is 10.0. The van der Waals surface area contributed by atoms with Crippen molar-refractivity contribution in [2.75, 3.05) is 12.4 Å². The first-order valence-electron chi connectivity index (χ1n) is 12.1. The zero-order valence-electron chi connectivity index (χ0n) is 20.0. The van der Waals surface area contributed by atoms with Gasteiger partial charge in [0.05, 0.1) is 29.4 Å². The van der Waals surface area contributed by atoms with Crippen molar-refractivity contribution in [3.63, 3.8) is 0 Å². The number of carbonyl (C=O) groups excluding carboxylic acids is 2. The molecule has 5 nitrogen and oxygen atoms in total. The number of esters is 1. The highest BCUT2D eigenvalue weighted by atomic mass is 32.1. The SMILES string of the molecule is COC(=O)c1c(NC(=O)c2c(C)c(-c3ccccc3)nc3ccccc23)sc2c1CCCCCC2. The molecule has 0 unspecified atom stereocenters. The smallest absolute Gasteiger partial charge is 0.341 e. The van der Waals surface area contributed by atoms with Crippen molar-refractivity contribution < 1.29 is 14.3 Å². The van der Waals surface area contributed by atoms with Gasteiger partial charge in [-0.15, -0.1) is 11.3 Å². The average Bonchev–Trinajstić information content (AvgIpc) is 3.19. The number of hydrogen-bond donors (Lipinski definition) is 1. The highest BCUT2D eigenvalue weighted by Gasteiger charge is 2.27. The van der Waals surface area contributed by atoms with E-state index >= 15 is 0 Å². The summed E-state index contributed by atoms with van der Waals surface area (Å²) in [5, 5.41) is 4.47. The number of carbonyl (C=O) groups is 2. The number of methoxy groups -OCH3 is 1. The summed E-state index contributed by atoms with van der Waals surface area (Å²) in [5.41, 5.74) is 5.43. The number of anilines is 1. The molecule has 2 aromatic carbocycles. The van der Waals surface area contributed by atoms with E-state index in [-0.39, 0.29) is 11.9 Å². The van der Waals surface area contributed by atoms with E-state index in [4.69, 9.17) is 9.72 Å². The Hall–Kier alpha value is -3.51. The molecule has 35 heavy (non-hydrogen) atoms. The third-order valence-electron chi connectivity index (χ3n) is 6.70. The second-order valence-electron chi connectivity index (χ2n) is 8.91. The van der Waals surface area contributed by atoms with Gasteiger partial charge in [0, 0.05) is 15.8 Å². The molecule has 0 atom stereocenters. The summed E-state index contributed by atoms with van der Waals surface area (Å²) in [4.78, 5) is 32.7. The number of thiophene rings is 1. The monoisotopic (exact) mass is 484 g/mol. The first-order chi connectivity index (χ1) is 17.1. The Morgan fingerprint density at radius 3 is 2.40 bits per heavy atom. The highest BCUT2D eigenvalue weighted by Crippen LogP contribution is 2.38. The standard InChI is InChI=1S/C29H28N2O3S/c1-18-24(20-14-10-11-16-22(20)30-26(18)19-12-6-5-7-13-19)27(32)31-28-25(29(33)34-2)21-15-8-3-4-9-17-23(21)35-28/h5-7,10-14,16H,3-4,8-9,15,17H2,1-2H3,(H,31,32). The highest BCUT2D eigenvalue weighted by molar-refractivity contribution is 7.17. The molecule has 1 N–H and O–H groups in total. The average molecular weight is 485 g/mol. The van der Waals surface area contributed by atoms with Crippen molar-refractivity contribution >= 4 is 39.1 Å². The number of amides is 1. The third kappa shape index (κ3) is 4.46. The summed E-state index contributed by atoms with van der Waals surface area (Å²) in [6.45, 7) is 1.94. The maximum atomic E-state index is 13.9. The number of aryl methyl sites for hydroxylation is 1. The van der Waals surface area contributed by atoms with Crippen LogP contribution in [-0.2, 0) is 17.6 Å². The van der Waals surface area contributed by atoms with Crippen molar-refractivity contribution in [2.45, 2.75) is 45.4 Å². The minimum absolute atomic E-state index is 0.238. The lowest BCUT2D eigenvalue weighted by Crippen LogP contribution is -2.17. The Morgan fingerprint density at radius 1 is 0.914 bits per heavy atom. The molecular formula is C29H28N2O3S. The van der Waals surface area contributed by atoms with E-state index in [0.29, 0.717) is 16.1 Å². The number of ether oxygens (including phenoxy) is 1. The molecule has 4 aromatic rings. The molecule has 0 saturated carbocycles. The molecular weight excluding hydrogens is 456 g/mol. The Morgan fingerprint density at radius 2 is 1.63 bits per heavy atom. The number of rotatable bonds is 4. The van der Waals surface area contributed by atoms with Crippen molar-refractivity contribution in [3.8, 4) is 11.3 Å². The van der Waals surface area contributed by atoms with Gasteiger partial charge in [-0.05, 0) is 49.8 Å². The topological polar surface area (TPSA) is 68.3 Å². The Labute approximate surface area is 209 Å². The molecule has 1 amide bonds. The Kier molecular flexibility index (Phi) is 6.64. The Bertz CT molecular complexity index is 1410. The minimum atomic E-state index is -0.389. The van der Waals surface area contributed by atoms with Gasteiger partial charge in [0.25, 0.3) is 5.91 Å². The number of nitrogens with one attached hydrogen (secondary N) is 1. The van der Waals surface area contributed by atoms with E-state index in [9.17, 15) is 9.59 Å². The lowest BCUT2D eigenvalue weighted by Gasteiger charge is -2.15. The lowest BCUT2D eigenvalue weighted by atomic mass is 9.96. The van der Waals surface area contributed by atoms with Crippen LogP contribution >= 0.6 is 11.3 Å². The van der Waals surface area contributed by atoms with Gasteiger partial charge in [-0.25, -0.2) is 9.78 Å². The third-order valence-corrected chi connectivity index (χ3v) is 7.91. The first kappa shape index (κ1) is 23.2. The number of aromatic nitrogens is 1. The van der Waals surface area contributed by atoms with Crippen LogP contribution in [0.2, 0.25) is 0 Å². The number of nitrogens with zero attached hydrogens (tertiary/aromatic N) is 1. The minimum Gasteiger partial charge on any atom is -0.465 e. The van der Waals surface area contributed by atoms with E-state index in [2.05, 4.69) is 5.32 Å². The molecule has 1 aliphatic carbocycles. The second-order valence-corrected chi connectivity index (χ2v) is 10.0. The van der Waals surface area contributed by atoms with Crippen LogP contribution in [0.1, 0.15) is 62.4 Å². The van der Waals surface area contributed by atoms with E-state index in [1.54, 1.807) is 0 Å². The molecule has 5 rings (SSSR count). The summed E-state index contributed by atoms with van der Waals surface area (Å²) in [5.74, 6) is -0.627. The van der Waals surface area contributed by atoms with Gasteiger partial charge in [0.1, 0.15) is 5.00 Å². The summed E-state index contributed by atoms with van der Waals surface area (Å²) >= 11 is 1.51. The molecule has 0 bridgehead atoms. The number of hydrogen-bond acceptors (Lipinski definition) is 5. The summed E-state index contributed by atoms with van der Waals surface area (Å²) in [6, 6.07) is 17.6. The van der Waals surface area contributed by atoms with Crippen molar-refractivity contribution in [3.05, 3.63) is 81.7 Å². The summed E-state index contributed by atoms with van der Waals surface area (Å²) in [7, 11) is 1.40. The van der Waals surface area contributed by atoms with Gasteiger partial charge in [0.2, 0.25) is 0 Å². The van der Waals surface area contributed by atoms with E-state index in [1.807, 2.05) is 61.5 Å². The van der Waals surface area contributed by atoms with Gasteiger partial charge in [-0.3, -0.25) is 4.79 Å². The summed E-state index contributed by atoms with van der Waals surface area (Å²) in [6.07, 6.45) is 6.24. The van der Waals surface area contributed by atoms with Gasteiger partial charge >= 0.3 is 5.97 Å². The van der Waals surface area contributed by atoms with Crippen LogP contribution in [0.15, 0.2) is 54.6 Å². The zero-order valence-corrected chi connectivity index (χ0v) is 20.8. The molecule has 0 aliphatic heterocycles. The molecule has 2 heterocycles. The van der Waals surface area contributed by atoms with Crippen LogP contribution < -0.4 is 5.32 Å². The zero-order chi connectivity index (χ0) is 24.4. The predicted octanol–water partition coefficient (Wildman–Crippen LogP) is 6.97. The molecule has 178 valence electrons. The molecule has 0 saturated heterocycles. The van der Waals surface area contributed by atoms with E-state index in [0.717, 1.165) is 65.4 Å². The molecule has 0 spiro atoms. The maximum absolute atomic E-state index is 13.9. The van der Waals surface area contributed by atoms with Crippen LogP contribution in [0.5, 0.6) is 0 Å². The molecule has 0 fully saturated rings. The van der Waals surface area contributed by atoms with Crippen LogP contribution in [0.25, 0.3) is 22.2 Å². The molecule has 1 aliphatic rings. The van der Waals surface area contributed by atoms with Gasteiger partial charge in [-0.2, -0.15) is 0 Å². The normalized spacial score (nSPS) is 13.5. The Balaban J connectivity index is 1.62. The first-order valence-corrected chi connectivity index (χ1v) is 12.9. The van der Waals surface area contributed by atoms with Gasteiger partial charge < -0.3 is 10.1 Å². The largest absolute Gasteiger partial charge is 0.465 e. The lowest BCUT2D eigenvalue weighted by molar-refractivity contribution is 0.0601. The number of para-hydroxylation sites is 1. The number of fused-ring (bicyclic) bond motifs is 2. The van der Waals surface area contributed by atoms with Crippen LogP contribution in [0.4, 0.5) is 5.00 Å². The van der Waals surface area contributed by atoms with Crippen LogP contribution in [0.3, 0.4) is 0 Å². The van der Waals surface area contributed by atoms with E-state index < -0.39 is 0 Å². The van der Waals surface area contributed by atoms with Crippen LogP contribution in [-0.4, -0.2) is 24.0 Å². The quantitative estimate of drug-likeness (QED) is 0.318.